The Morgan fingerprint density at radius 1 is 1.28 bits per heavy atom. The predicted octanol–water partition coefficient (Wildman–Crippen LogP) is 3.52. The van der Waals surface area contributed by atoms with Crippen LogP contribution in [0.4, 0.5) is 0 Å². The standard InChI is InChI=1S/C16H24N2/c1-5-9-17(4)14(3)11-15-8-10-18-12-13(2)6-7-16(15)18/h6-8,10,12,14H,5,9,11H2,1-4H3. The van der Waals surface area contributed by atoms with E-state index in [0.29, 0.717) is 6.04 Å². The zero-order valence-electron chi connectivity index (χ0n) is 12.0. The summed E-state index contributed by atoms with van der Waals surface area (Å²) in [6.07, 6.45) is 6.70. The Balaban J connectivity index is 2.17. The molecule has 0 aliphatic heterocycles. The third-order valence-corrected chi connectivity index (χ3v) is 3.73. The normalized spacial score (nSPS) is 13.4. The van der Waals surface area contributed by atoms with Gasteiger partial charge in [0.2, 0.25) is 0 Å². The van der Waals surface area contributed by atoms with E-state index in [1.54, 1.807) is 0 Å². The number of aromatic nitrogens is 1. The number of aryl methyl sites for hydroxylation is 1. The second kappa shape index (κ2) is 5.57. The maximum absolute atomic E-state index is 2.44. The Morgan fingerprint density at radius 2 is 2.06 bits per heavy atom. The van der Waals surface area contributed by atoms with Crippen LogP contribution in [0, 0.1) is 6.92 Å². The lowest BCUT2D eigenvalue weighted by Gasteiger charge is -2.23. The van der Waals surface area contributed by atoms with Crippen molar-refractivity contribution in [3.8, 4) is 0 Å². The number of fused-ring (bicyclic) bond motifs is 1. The first-order valence-electron chi connectivity index (χ1n) is 6.88. The van der Waals surface area contributed by atoms with Gasteiger partial charge in [-0.25, -0.2) is 0 Å². The summed E-state index contributed by atoms with van der Waals surface area (Å²) in [7, 11) is 2.22. The molecule has 2 heteroatoms. The lowest BCUT2D eigenvalue weighted by atomic mass is 10.1. The van der Waals surface area contributed by atoms with Crippen LogP contribution in [0.1, 0.15) is 31.4 Å². The maximum atomic E-state index is 2.44. The van der Waals surface area contributed by atoms with Gasteiger partial charge in [-0.2, -0.15) is 0 Å². The highest BCUT2D eigenvalue weighted by molar-refractivity contribution is 5.56. The summed E-state index contributed by atoms with van der Waals surface area (Å²) < 4.78 is 2.23. The van der Waals surface area contributed by atoms with Crippen molar-refractivity contribution >= 4 is 5.52 Å². The fraction of sp³-hybridized carbons (Fsp3) is 0.500. The van der Waals surface area contributed by atoms with Crippen LogP contribution in [0.15, 0.2) is 30.6 Å². The van der Waals surface area contributed by atoms with Gasteiger partial charge in [-0.15, -0.1) is 0 Å². The van der Waals surface area contributed by atoms with Crippen molar-refractivity contribution in [3.63, 3.8) is 0 Å². The SMILES string of the molecule is CCCN(C)C(C)Cc1ccn2cc(C)ccc12. The lowest BCUT2D eigenvalue weighted by Crippen LogP contribution is -2.31. The average molecular weight is 244 g/mol. The molecular weight excluding hydrogens is 220 g/mol. The molecule has 0 radical (unpaired) electrons. The largest absolute Gasteiger partial charge is 0.323 e. The van der Waals surface area contributed by atoms with E-state index >= 15 is 0 Å². The zero-order chi connectivity index (χ0) is 13.1. The molecule has 2 nitrogen and oxygen atoms in total. The van der Waals surface area contributed by atoms with Crippen LogP contribution in [0.25, 0.3) is 5.52 Å². The summed E-state index contributed by atoms with van der Waals surface area (Å²) in [4.78, 5) is 2.44. The van der Waals surface area contributed by atoms with E-state index in [0.717, 1.165) is 6.42 Å². The van der Waals surface area contributed by atoms with E-state index in [2.05, 4.69) is 67.7 Å². The van der Waals surface area contributed by atoms with Crippen LogP contribution in [0.3, 0.4) is 0 Å². The Bertz CT molecular complexity index is 513. The van der Waals surface area contributed by atoms with E-state index in [1.165, 1.54) is 29.6 Å². The quantitative estimate of drug-likeness (QED) is 0.781. The fourth-order valence-corrected chi connectivity index (χ4v) is 2.50. The van der Waals surface area contributed by atoms with Crippen LogP contribution in [-0.4, -0.2) is 28.9 Å². The summed E-state index contributed by atoms with van der Waals surface area (Å²) in [6, 6.07) is 7.28. The molecule has 0 aliphatic rings. The van der Waals surface area contributed by atoms with E-state index < -0.39 is 0 Å². The van der Waals surface area contributed by atoms with Gasteiger partial charge in [0.25, 0.3) is 0 Å². The van der Waals surface area contributed by atoms with Crippen LogP contribution >= 0.6 is 0 Å². The number of pyridine rings is 1. The lowest BCUT2D eigenvalue weighted by molar-refractivity contribution is 0.257. The van der Waals surface area contributed by atoms with Crippen molar-refractivity contribution in [2.24, 2.45) is 0 Å². The molecule has 0 fully saturated rings. The van der Waals surface area contributed by atoms with Crippen molar-refractivity contribution in [2.75, 3.05) is 13.6 Å². The van der Waals surface area contributed by atoms with Crippen molar-refractivity contribution in [3.05, 3.63) is 41.7 Å². The first-order valence-corrected chi connectivity index (χ1v) is 6.88. The number of rotatable bonds is 5. The highest BCUT2D eigenvalue weighted by atomic mass is 15.1. The van der Waals surface area contributed by atoms with Gasteiger partial charge in [0, 0.05) is 24.0 Å². The Kier molecular flexibility index (Phi) is 4.07. The minimum absolute atomic E-state index is 0.595. The van der Waals surface area contributed by atoms with Gasteiger partial charge in [0.15, 0.2) is 0 Å². The van der Waals surface area contributed by atoms with E-state index in [9.17, 15) is 0 Å². The molecule has 0 spiro atoms. The van der Waals surface area contributed by atoms with Gasteiger partial charge < -0.3 is 9.30 Å². The topological polar surface area (TPSA) is 7.65 Å². The molecule has 0 amide bonds. The third-order valence-electron chi connectivity index (χ3n) is 3.73. The highest BCUT2D eigenvalue weighted by Gasteiger charge is 2.11. The molecule has 2 rings (SSSR count). The highest BCUT2D eigenvalue weighted by Crippen LogP contribution is 2.17. The average Bonchev–Trinajstić information content (AvgIpc) is 2.72. The molecule has 0 saturated heterocycles. The number of hydrogen-bond acceptors (Lipinski definition) is 1. The van der Waals surface area contributed by atoms with Crippen molar-refractivity contribution in [1.29, 1.82) is 0 Å². The zero-order valence-corrected chi connectivity index (χ0v) is 12.0. The molecule has 1 atom stereocenters. The van der Waals surface area contributed by atoms with Crippen molar-refractivity contribution in [1.82, 2.24) is 9.30 Å². The second-order valence-corrected chi connectivity index (χ2v) is 5.37. The molecule has 1 unspecified atom stereocenters. The van der Waals surface area contributed by atoms with Crippen LogP contribution < -0.4 is 0 Å². The van der Waals surface area contributed by atoms with Gasteiger partial charge in [0.1, 0.15) is 0 Å². The minimum atomic E-state index is 0.595. The number of hydrogen-bond donors (Lipinski definition) is 0. The predicted molar refractivity (Wildman–Crippen MR) is 78.2 cm³/mol. The van der Waals surface area contributed by atoms with Crippen LogP contribution in [0.2, 0.25) is 0 Å². The van der Waals surface area contributed by atoms with E-state index in [1.807, 2.05) is 0 Å². The first kappa shape index (κ1) is 13.2. The van der Waals surface area contributed by atoms with Crippen molar-refractivity contribution in [2.45, 2.75) is 39.7 Å². The molecule has 0 aliphatic carbocycles. The van der Waals surface area contributed by atoms with Gasteiger partial charge in [-0.3, -0.25) is 0 Å². The molecule has 18 heavy (non-hydrogen) atoms. The van der Waals surface area contributed by atoms with E-state index in [4.69, 9.17) is 0 Å². The molecule has 0 bridgehead atoms. The molecule has 2 heterocycles. The Morgan fingerprint density at radius 3 is 2.78 bits per heavy atom. The Labute approximate surface area is 110 Å². The molecule has 0 aromatic carbocycles. The minimum Gasteiger partial charge on any atom is -0.323 e. The van der Waals surface area contributed by atoms with Gasteiger partial charge in [0.05, 0.1) is 0 Å². The van der Waals surface area contributed by atoms with Gasteiger partial charge in [-0.1, -0.05) is 13.0 Å². The van der Waals surface area contributed by atoms with Gasteiger partial charge >= 0.3 is 0 Å². The van der Waals surface area contributed by atoms with Crippen molar-refractivity contribution < 1.29 is 0 Å². The summed E-state index contributed by atoms with van der Waals surface area (Å²) in [5.41, 5.74) is 4.10. The van der Waals surface area contributed by atoms with Gasteiger partial charge in [-0.05, 0) is 63.5 Å². The summed E-state index contributed by atoms with van der Waals surface area (Å²) in [5.74, 6) is 0. The third kappa shape index (κ3) is 2.75. The summed E-state index contributed by atoms with van der Waals surface area (Å²) in [6.45, 7) is 7.86. The summed E-state index contributed by atoms with van der Waals surface area (Å²) >= 11 is 0. The van der Waals surface area contributed by atoms with Crippen LogP contribution in [0.5, 0.6) is 0 Å². The molecule has 98 valence electrons. The molecule has 0 N–H and O–H groups in total. The monoisotopic (exact) mass is 244 g/mol. The summed E-state index contributed by atoms with van der Waals surface area (Å²) in [5, 5.41) is 0. The molecule has 2 aromatic heterocycles. The smallest absolute Gasteiger partial charge is 0.0482 e. The molecule has 0 saturated carbocycles. The number of nitrogens with zero attached hydrogens (tertiary/aromatic N) is 2. The molecule has 2 aromatic rings. The Hall–Kier alpha value is -1.28. The fourth-order valence-electron chi connectivity index (χ4n) is 2.50. The number of likely N-dealkylation sites (N-methyl/N-ethyl adjacent to an activating group) is 1. The van der Waals surface area contributed by atoms with Crippen LogP contribution in [-0.2, 0) is 6.42 Å². The van der Waals surface area contributed by atoms with E-state index in [-0.39, 0.29) is 0 Å². The first-order chi connectivity index (χ1) is 8.61. The maximum Gasteiger partial charge on any atom is 0.0482 e. The second-order valence-electron chi connectivity index (χ2n) is 5.37. The molecular formula is C16H24N2.